The second-order valence-electron chi connectivity index (χ2n) is 5.44. The molecule has 3 heteroatoms. The molecular weight excluding hydrogens is 284 g/mol. The van der Waals surface area contributed by atoms with Gasteiger partial charge in [0.05, 0.1) is 0 Å². The van der Waals surface area contributed by atoms with Gasteiger partial charge in [-0.2, -0.15) is 0 Å². The number of hydrogen-bond donors (Lipinski definition) is 0. The number of aryl methyl sites for hydroxylation is 1. The summed E-state index contributed by atoms with van der Waals surface area (Å²) in [7, 11) is 0. The first kappa shape index (κ1) is 15.1. The third-order valence-electron chi connectivity index (χ3n) is 3.91. The van der Waals surface area contributed by atoms with Crippen molar-refractivity contribution in [2.75, 3.05) is 11.4 Å². The maximum absolute atomic E-state index is 12.6. The molecule has 0 saturated carbocycles. The molecule has 0 aliphatic heterocycles. The molecular formula is C20H20N2O. The highest BCUT2D eigenvalue weighted by atomic mass is 16.1. The van der Waals surface area contributed by atoms with Crippen molar-refractivity contribution in [2.24, 2.45) is 0 Å². The van der Waals surface area contributed by atoms with Crippen molar-refractivity contribution in [1.82, 2.24) is 4.57 Å². The molecule has 2 aromatic carbocycles. The standard InChI is InChI=1S/C20H20N2O/c1-3-21(17-10-6-4-7-11-17)19-14-16(2)22(20(23)15-19)18-12-8-5-9-13-18/h4-15H,3H2,1-2H3. The van der Waals surface area contributed by atoms with Crippen molar-refractivity contribution in [1.29, 1.82) is 0 Å². The van der Waals surface area contributed by atoms with E-state index in [1.54, 1.807) is 10.6 Å². The zero-order valence-electron chi connectivity index (χ0n) is 13.4. The van der Waals surface area contributed by atoms with Crippen LogP contribution in [0.15, 0.2) is 77.6 Å². The minimum absolute atomic E-state index is 0.0134. The number of para-hydroxylation sites is 2. The fraction of sp³-hybridized carbons (Fsp3) is 0.150. The Morgan fingerprint density at radius 1 is 0.870 bits per heavy atom. The molecule has 0 unspecified atom stereocenters. The quantitative estimate of drug-likeness (QED) is 0.718. The molecule has 0 amide bonds. The smallest absolute Gasteiger partial charge is 0.257 e. The fourth-order valence-corrected chi connectivity index (χ4v) is 2.87. The van der Waals surface area contributed by atoms with Gasteiger partial charge in [0.25, 0.3) is 5.56 Å². The number of rotatable bonds is 4. The molecule has 116 valence electrons. The van der Waals surface area contributed by atoms with E-state index in [1.165, 1.54) is 0 Å². The molecule has 3 rings (SSSR count). The Labute approximate surface area is 136 Å². The minimum atomic E-state index is -0.0134. The summed E-state index contributed by atoms with van der Waals surface area (Å²) in [5.74, 6) is 0. The average molecular weight is 304 g/mol. The summed E-state index contributed by atoms with van der Waals surface area (Å²) in [6, 6.07) is 23.6. The lowest BCUT2D eigenvalue weighted by atomic mass is 10.2. The van der Waals surface area contributed by atoms with Crippen LogP contribution in [0, 0.1) is 6.92 Å². The highest BCUT2D eigenvalue weighted by Crippen LogP contribution is 2.24. The van der Waals surface area contributed by atoms with Gasteiger partial charge in [-0.05, 0) is 44.2 Å². The van der Waals surface area contributed by atoms with Gasteiger partial charge < -0.3 is 4.90 Å². The van der Waals surface area contributed by atoms with Crippen LogP contribution >= 0.6 is 0 Å². The number of pyridine rings is 1. The van der Waals surface area contributed by atoms with Crippen molar-refractivity contribution in [3.63, 3.8) is 0 Å². The fourth-order valence-electron chi connectivity index (χ4n) is 2.87. The summed E-state index contributed by atoms with van der Waals surface area (Å²) in [4.78, 5) is 14.8. The Morgan fingerprint density at radius 3 is 2.04 bits per heavy atom. The number of benzene rings is 2. The van der Waals surface area contributed by atoms with Gasteiger partial charge in [0.2, 0.25) is 0 Å². The third kappa shape index (κ3) is 3.04. The minimum Gasteiger partial charge on any atom is -0.342 e. The van der Waals surface area contributed by atoms with Crippen molar-refractivity contribution >= 4 is 11.4 Å². The van der Waals surface area contributed by atoms with Gasteiger partial charge >= 0.3 is 0 Å². The largest absolute Gasteiger partial charge is 0.342 e. The van der Waals surface area contributed by atoms with Crippen LogP contribution in [0.4, 0.5) is 11.4 Å². The van der Waals surface area contributed by atoms with E-state index in [-0.39, 0.29) is 5.56 Å². The second-order valence-corrected chi connectivity index (χ2v) is 5.44. The van der Waals surface area contributed by atoms with Crippen LogP contribution in [-0.2, 0) is 0 Å². The molecule has 3 nitrogen and oxygen atoms in total. The molecule has 0 atom stereocenters. The topological polar surface area (TPSA) is 25.2 Å². The summed E-state index contributed by atoms with van der Waals surface area (Å²) in [5, 5.41) is 0. The normalized spacial score (nSPS) is 10.5. The molecule has 0 aliphatic carbocycles. The zero-order valence-corrected chi connectivity index (χ0v) is 13.4. The molecule has 0 radical (unpaired) electrons. The lowest BCUT2D eigenvalue weighted by Crippen LogP contribution is -2.24. The zero-order chi connectivity index (χ0) is 16.2. The van der Waals surface area contributed by atoms with Gasteiger partial charge in [0.15, 0.2) is 0 Å². The second kappa shape index (κ2) is 6.53. The Morgan fingerprint density at radius 2 is 1.48 bits per heavy atom. The van der Waals surface area contributed by atoms with Gasteiger partial charge in [-0.3, -0.25) is 9.36 Å². The van der Waals surface area contributed by atoms with Crippen LogP contribution in [0.1, 0.15) is 12.6 Å². The Hall–Kier alpha value is -2.81. The molecule has 0 aliphatic rings. The molecule has 1 heterocycles. The molecule has 3 aromatic rings. The summed E-state index contributed by atoms with van der Waals surface area (Å²) in [5.41, 5.74) is 3.82. The number of hydrogen-bond acceptors (Lipinski definition) is 2. The van der Waals surface area contributed by atoms with E-state index in [0.717, 1.165) is 29.3 Å². The first-order valence-corrected chi connectivity index (χ1v) is 7.82. The van der Waals surface area contributed by atoms with Crippen LogP contribution in [0.5, 0.6) is 0 Å². The van der Waals surface area contributed by atoms with E-state index in [2.05, 4.69) is 30.0 Å². The van der Waals surface area contributed by atoms with Crippen LogP contribution in [0.25, 0.3) is 5.69 Å². The molecule has 0 N–H and O–H groups in total. The summed E-state index contributed by atoms with van der Waals surface area (Å²) in [6.07, 6.45) is 0. The molecule has 1 aromatic heterocycles. The molecule has 0 bridgehead atoms. The lowest BCUT2D eigenvalue weighted by molar-refractivity contribution is 0.920. The third-order valence-corrected chi connectivity index (χ3v) is 3.91. The van der Waals surface area contributed by atoms with Gasteiger partial charge in [0, 0.05) is 35.4 Å². The van der Waals surface area contributed by atoms with Gasteiger partial charge in [0.1, 0.15) is 0 Å². The number of aromatic nitrogens is 1. The number of anilines is 2. The highest BCUT2D eigenvalue weighted by molar-refractivity contribution is 5.63. The first-order valence-electron chi connectivity index (χ1n) is 7.82. The molecule has 23 heavy (non-hydrogen) atoms. The Bertz CT molecular complexity index is 839. The molecule has 0 saturated heterocycles. The van der Waals surface area contributed by atoms with E-state index in [0.29, 0.717) is 0 Å². The van der Waals surface area contributed by atoms with E-state index >= 15 is 0 Å². The average Bonchev–Trinajstić information content (AvgIpc) is 2.57. The van der Waals surface area contributed by atoms with Crippen molar-refractivity contribution in [2.45, 2.75) is 13.8 Å². The Kier molecular flexibility index (Phi) is 4.29. The van der Waals surface area contributed by atoms with Gasteiger partial charge in [-0.25, -0.2) is 0 Å². The van der Waals surface area contributed by atoms with E-state index in [4.69, 9.17) is 0 Å². The van der Waals surface area contributed by atoms with Crippen LogP contribution < -0.4 is 10.5 Å². The van der Waals surface area contributed by atoms with Crippen LogP contribution in [0.3, 0.4) is 0 Å². The molecule has 0 spiro atoms. The van der Waals surface area contributed by atoms with Gasteiger partial charge in [-0.1, -0.05) is 36.4 Å². The lowest BCUT2D eigenvalue weighted by Gasteiger charge is -2.24. The maximum Gasteiger partial charge on any atom is 0.257 e. The summed E-state index contributed by atoms with van der Waals surface area (Å²) >= 11 is 0. The Balaban J connectivity index is 2.08. The van der Waals surface area contributed by atoms with Crippen molar-refractivity contribution in [3.8, 4) is 5.69 Å². The summed E-state index contributed by atoms with van der Waals surface area (Å²) in [6.45, 7) is 4.86. The summed E-state index contributed by atoms with van der Waals surface area (Å²) < 4.78 is 1.74. The van der Waals surface area contributed by atoms with E-state index < -0.39 is 0 Å². The van der Waals surface area contributed by atoms with Crippen LogP contribution in [-0.4, -0.2) is 11.1 Å². The monoisotopic (exact) mass is 304 g/mol. The predicted octanol–water partition coefficient (Wildman–Crippen LogP) is 4.30. The molecule has 0 fully saturated rings. The predicted molar refractivity (Wildman–Crippen MR) is 95.9 cm³/mol. The maximum atomic E-state index is 12.6. The van der Waals surface area contributed by atoms with Crippen molar-refractivity contribution < 1.29 is 0 Å². The first-order chi connectivity index (χ1) is 11.2. The SMILES string of the molecule is CCN(c1ccccc1)c1cc(C)n(-c2ccccc2)c(=O)c1. The number of nitrogens with zero attached hydrogens (tertiary/aromatic N) is 2. The van der Waals surface area contributed by atoms with E-state index in [1.807, 2.05) is 55.5 Å². The van der Waals surface area contributed by atoms with Crippen molar-refractivity contribution in [3.05, 3.63) is 88.8 Å². The van der Waals surface area contributed by atoms with Crippen LogP contribution in [0.2, 0.25) is 0 Å². The van der Waals surface area contributed by atoms with Gasteiger partial charge in [-0.15, -0.1) is 0 Å². The highest BCUT2D eigenvalue weighted by Gasteiger charge is 2.11. The van der Waals surface area contributed by atoms with E-state index in [9.17, 15) is 4.79 Å².